The van der Waals surface area contributed by atoms with Crippen LogP contribution in [0.5, 0.6) is 0 Å². The molecule has 1 aliphatic heterocycles. The fourth-order valence-corrected chi connectivity index (χ4v) is 7.97. The van der Waals surface area contributed by atoms with Gasteiger partial charge in [-0.3, -0.25) is 0 Å². The van der Waals surface area contributed by atoms with Gasteiger partial charge >= 0.3 is 20.4 Å². The second-order valence-corrected chi connectivity index (χ2v) is 16.2. The third-order valence-corrected chi connectivity index (χ3v) is 11.5. The average molecular weight is 846 g/mol. The molecular formula is C52H86N2Pd. The monoisotopic (exact) mass is 845 g/mol. The SMILES string of the molecule is CCCCCCCCCCCCCCCCCCCCCCCCCCc1ccc(C2=C(CCCC)C=C(c3ccc(CCCC)cc3)[N+]2=[N-])cc1.[CH3-].[CH3-].[Pd+2]. The van der Waals surface area contributed by atoms with Crippen LogP contribution in [0.1, 0.15) is 229 Å². The minimum Gasteiger partial charge on any atom is -0.493 e. The molecule has 1 heterocycles. The van der Waals surface area contributed by atoms with E-state index in [9.17, 15) is 5.53 Å². The van der Waals surface area contributed by atoms with Crippen LogP contribution in [0.4, 0.5) is 0 Å². The summed E-state index contributed by atoms with van der Waals surface area (Å²) in [6.07, 6.45) is 44.6. The fraction of sp³-hybridized carbons (Fsp3) is 0.654. The van der Waals surface area contributed by atoms with Crippen molar-refractivity contribution in [2.45, 2.75) is 220 Å². The number of aryl methyl sites for hydroxylation is 2. The van der Waals surface area contributed by atoms with E-state index in [1.165, 1.54) is 188 Å². The van der Waals surface area contributed by atoms with Crippen LogP contribution in [0.25, 0.3) is 16.9 Å². The first-order valence-electron chi connectivity index (χ1n) is 22.8. The summed E-state index contributed by atoms with van der Waals surface area (Å²) in [6, 6.07) is 17.8. The Labute approximate surface area is 357 Å². The maximum absolute atomic E-state index is 11.4. The molecule has 3 heteroatoms. The van der Waals surface area contributed by atoms with Gasteiger partial charge in [0.15, 0.2) is 0 Å². The number of hydrogen-bond acceptors (Lipinski definition) is 0. The molecule has 0 aliphatic carbocycles. The van der Waals surface area contributed by atoms with Crippen molar-refractivity contribution < 1.29 is 25.1 Å². The Balaban J connectivity index is 0.00000972. The van der Waals surface area contributed by atoms with Gasteiger partial charge in [0.05, 0.1) is 0 Å². The van der Waals surface area contributed by atoms with Crippen molar-refractivity contribution in [3.63, 3.8) is 0 Å². The van der Waals surface area contributed by atoms with E-state index in [0.29, 0.717) is 0 Å². The van der Waals surface area contributed by atoms with Crippen LogP contribution in [0.2, 0.25) is 0 Å². The number of benzene rings is 2. The molecule has 55 heavy (non-hydrogen) atoms. The minimum atomic E-state index is 0. The second-order valence-electron chi connectivity index (χ2n) is 16.2. The topological polar surface area (TPSA) is 25.3 Å². The van der Waals surface area contributed by atoms with E-state index in [1.807, 2.05) is 0 Å². The fourth-order valence-electron chi connectivity index (χ4n) is 7.97. The van der Waals surface area contributed by atoms with Gasteiger partial charge in [0.2, 0.25) is 11.4 Å². The zero-order valence-electron chi connectivity index (χ0n) is 36.8. The Hall–Kier alpha value is -1.82. The van der Waals surface area contributed by atoms with Crippen LogP contribution < -0.4 is 0 Å². The molecule has 2 nitrogen and oxygen atoms in total. The number of allylic oxidation sites excluding steroid dienone is 2. The van der Waals surface area contributed by atoms with Crippen LogP contribution >= 0.6 is 0 Å². The van der Waals surface area contributed by atoms with Gasteiger partial charge in [0, 0.05) is 22.8 Å². The van der Waals surface area contributed by atoms with Gasteiger partial charge in [-0.25, -0.2) is 4.70 Å². The number of nitrogens with zero attached hydrogens (tertiary/aromatic N) is 2. The number of hydrogen-bond donors (Lipinski definition) is 0. The molecule has 0 unspecified atom stereocenters. The summed E-state index contributed by atoms with van der Waals surface area (Å²) in [4.78, 5) is 0. The molecule has 0 fully saturated rings. The van der Waals surface area contributed by atoms with E-state index in [0.717, 1.165) is 54.6 Å². The molecule has 0 radical (unpaired) electrons. The maximum atomic E-state index is 11.4. The Morgan fingerprint density at radius 1 is 0.382 bits per heavy atom. The first kappa shape index (κ1) is 53.2. The van der Waals surface area contributed by atoms with Crippen molar-refractivity contribution in [3.05, 3.63) is 103 Å². The molecule has 0 amide bonds. The van der Waals surface area contributed by atoms with Crippen molar-refractivity contribution in [3.8, 4) is 0 Å². The Morgan fingerprint density at radius 3 is 1.07 bits per heavy atom. The van der Waals surface area contributed by atoms with E-state index in [4.69, 9.17) is 0 Å². The van der Waals surface area contributed by atoms with Crippen LogP contribution in [0.3, 0.4) is 0 Å². The molecule has 0 bridgehead atoms. The Kier molecular flexibility index (Phi) is 34.2. The molecule has 0 aromatic heterocycles. The zero-order valence-corrected chi connectivity index (χ0v) is 38.4. The zero-order chi connectivity index (χ0) is 36.9. The third kappa shape index (κ3) is 22.6. The normalized spacial score (nSPS) is 12.3. The largest absolute Gasteiger partial charge is 2.00 e. The third-order valence-electron chi connectivity index (χ3n) is 11.5. The van der Waals surface area contributed by atoms with Gasteiger partial charge in [0.25, 0.3) is 0 Å². The van der Waals surface area contributed by atoms with Crippen molar-refractivity contribution in [1.82, 2.24) is 0 Å². The summed E-state index contributed by atoms with van der Waals surface area (Å²) in [7, 11) is 0. The van der Waals surface area contributed by atoms with Gasteiger partial charge in [-0.05, 0) is 73.9 Å². The molecule has 0 spiro atoms. The van der Waals surface area contributed by atoms with Gasteiger partial charge in [-0.15, -0.1) is 0 Å². The van der Waals surface area contributed by atoms with Crippen molar-refractivity contribution >= 4 is 11.4 Å². The van der Waals surface area contributed by atoms with Gasteiger partial charge in [0.1, 0.15) is 0 Å². The number of rotatable bonds is 33. The summed E-state index contributed by atoms with van der Waals surface area (Å²) >= 11 is 0. The summed E-state index contributed by atoms with van der Waals surface area (Å²) < 4.78 is 1.45. The summed E-state index contributed by atoms with van der Waals surface area (Å²) in [5.74, 6) is 0. The molecule has 0 saturated heterocycles. The molecule has 0 saturated carbocycles. The summed E-state index contributed by atoms with van der Waals surface area (Å²) in [6.45, 7) is 6.78. The first-order chi connectivity index (χ1) is 25.7. The van der Waals surface area contributed by atoms with Crippen LogP contribution in [-0.2, 0) is 33.3 Å². The van der Waals surface area contributed by atoms with Gasteiger partial charge < -0.3 is 20.4 Å². The van der Waals surface area contributed by atoms with Gasteiger partial charge in [-0.1, -0.05) is 206 Å². The molecule has 2 aromatic carbocycles. The quantitative estimate of drug-likeness (QED) is 0.0296. The average Bonchev–Trinajstić information content (AvgIpc) is 3.50. The minimum absolute atomic E-state index is 0. The van der Waals surface area contributed by atoms with Crippen LogP contribution in [-0.4, -0.2) is 4.70 Å². The Morgan fingerprint density at radius 2 is 0.691 bits per heavy atom. The standard InChI is InChI=1S/C50H80N2.2CH3.Pd/c1-4-7-10-11-12-13-14-15-16-17-18-19-20-21-22-23-24-25-26-27-28-29-30-31-33-45-37-41-47(42-38-45)50-48(34-9-6-3)43-49(52(50)51)46-39-35-44(36-40-46)32-8-5-2;;;/h35-43H,4-34H2,1-3H3;2*1H3;/q;2*-1;+2. The van der Waals surface area contributed by atoms with E-state index in [-0.39, 0.29) is 35.3 Å². The number of unbranched alkanes of at least 4 members (excludes halogenated alkanes) is 25. The molecule has 3 rings (SSSR count). The second kappa shape index (κ2) is 35.4. The van der Waals surface area contributed by atoms with Crippen molar-refractivity contribution in [1.29, 1.82) is 0 Å². The summed E-state index contributed by atoms with van der Waals surface area (Å²) in [5, 5.41) is 0. The molecule has 1 aliphatic rings. The van der Waals surface area contributed by atoms with Crippen molar-refractivity contribution in [2.75, 3.05) is 0 Å². The maximum Gasteiger partial charge on any atom is 2.00 e. The smallest absolute Gasteiger partial charge is 0.493 e. The van der Waals surface area contributed by atoms with Gasteiger partial charge in [-0.2, -0.15) is 0 Å². The van der Waals surface area contributed by atoms with E-state index in [2.05, 4.69) is 75.4 Å². The molecule has 0 atom stereocenters. The predicted octanol–water partition coefficient (Wildman–Crippen LogP) is 17.8. The molecule has 314 valence electrons. The van der Waals surface area contributed by atoms with Crippen LogP contribution in [0.15, 0.2) is 60.2 Å². The van der Waals surface area contributed by atoms with E-state index < -0.39 is 0 Å². The van der Waals surface area contributed by atoms with E-state index >= 15 is 0 Å². The molecular weight excluding hydrogens is 759 g/mol. The summed E-state index contributed by atoms with van der Waals surface area (Å²) in [5.41, 5.74) is 19.5. The molecule has 2 aromatic rings. The first-order valence-corrected chi connectivity index (χ1v) is 22.8. The van der Waals surface area contributed by atoms with E-state index in [1.54, 1.807) is 0 Å². The van der Waals surface area contributed by atoms with Crippen molar-refractivity contribution in [2.24, 2.45) is 0 Å². The predicted molar refractivity (Wildman–Crippen MR) is 243 cm³/mol. The molecule has 0 N–H and O–H groups in total. The van der Waals surface area contributed by atoms with Crippen LogP contribution in [0, 0.1) is 14.9 Å². The Bertz CT molecular complexity index is 1260.